The molecule has 1 heterocycles. The van der Waals surface area contributed by atoms with Crippen molar-refractivity contribution in [3.63, 3.8) is 0 Å². The average molecular weight is 232 g/mol. The van der Waals surface area contributed by atoms with Gasteiger partial charge in [-0.25, -0.2) is 0 Å². The van der Waals surface area contributed by atoms with Gasteiger partial charge in [-0.15, -0.1) is 0 Å². The highest BCUT2D eigenvalue weighted by Gasteiger charge is 1.99. The summed E-state index contributed by atoms with van der Waals surface area (Å²) >= 11 is 1.66. The number of anilines is 1. The van der Waals surface area contributed by atoms with Crippen LogP contribution < -0.4 is 11.1 Å². The smallest absolute Gasteiger partial charge is 0.248 e. The first-order valence-electron chi connectivity index (χ1n) is 4.90. The molecule has 1 amide bonds. The van der Waals surface area contributed by atoms with Crippen LogP contribution in [0, 0.1) is 0 Å². The van der Waals surface area contributed by atoms with E-state index in [0.29, 0.717) is 5.56 Å². The minimum atomic E-state index is -0.391. The Morgan fingerprint density at radius 1 is 1.25 bits per heavy atom. The second kappa shape index (κ2) is 4.81. The summed E-state index contributed by atoms with van der Waals surface area (Å²) in [5.74, 6) is -0.391. The van der Waals surface area contributed by atoms with Crippen LogP contribution in [0.4, 0.5) is 5.69 Å². The lowest BCUT2D eigenvalue weighted by molar-refractivity contribution is 0.100. The lowest BCUT2D eigenvalue weighted by atomic mass is 10.1. The summed E-state index contributed by atoms with van der Waals surface area (Å²) in [6.07, 6.45) is 0. The highest BCUT2D eigenvalue weighted by Crippen LogP contribution is 2.13. The molecule has 1 aromatic carbocycles. The van der Waals surface area contributed by atoms with E-state index in [1.807, 2.05) is 23.6 Å². The minimum Gasteiger partial charge on any atom is -0.380 e. The van der Waals surface area contributed by atoms with Gasteiger partial charge in [-0.3, -0.25) is 4.79 Å². The van der Waals surface area contributed by atoms with Crippen molar-refractivity contribution in [1.29, 1.82) is 0 Å². The molecular weight excluding hydrogens is 220 g/mol. The van der Waals surface area contributed by atoms with E-state index in [-0.39, 0.29) is 0 Å². The molecule has 0 atom stereocenters. The molecule has 0 saturated carbocycles. The number of nitrogens with two attached hydrogens (primary N) is 1. The molecule has 3 nitrogen and oxygen atoms in total. The highest BCUT2D eigenvalue weighted by atomic mass is 32.1. The Kier molecular flexibility index (Phi) is 3.22. The van der Waals surface area contributed by atoms with Crippen molar-refractivity contribution in [2.24, 2.45) is 5.73 Å². The first-order chi connectivity index (χ1) is 7.75. The molecule has 2 aromatic rings. The van der Waals surface area contributed by atoms with Crippen LogP contribution in [-0.2, 0) is 6.54 Å². The number of carbonyl (C=O) groups is 1. The Labute approximate surface area is 97.9 Å². The van der Waals surface area contributed by atoms with Crippen molar-refractivity contribution in [3.05, 3.63) is 52.2 Å². The fraction of sp³-hybridized carbons (Fsp3) is 0.0833. The van der Waals surface area contributed by atoms with Crippen LogP contribution in [-0.4, -0.2) is 5.91 Å². The van der Waals surface area contributed by atoms with Crippen LogP contribution >= 0.6 is 11.3 Å². The van der Waals surface area contributed by atoms with Crippen molar-refractivity contribution in [2.45, 2.75) is 6.54 Å². The van der Waals surface area contributed by atoms with Crippen LogP contribution in [0.15, 0.2) is 41.1 Å². The van der Waals surface area contributed by atoms with Gasteiger partial charge in [-0.1, -0.05) is 12.1 Å². The molecule has 4 heteroatoms. The Morgan fingerprint density at radius 3 is 2.56 bits per heavy atom. The highest BCUT2D eigenvalue weighted by molar-refractivity contribution is 7.08. The molecule has 1 aromatic heterocycles. The molecule has 16 heavy (non-hydrogen) atoms. The van der Waals surface area contributed by atoms with Gasteiger partial charge in [0, 0.05) is 23.2 Å². The topological polar surface area (TPSA) is 55.1 Å². The third-order valence-corrected chi connectivity index (χ3v) is 2.94. The summed E-state index contributed by atoms with van der Waals surface area (Å²) in [4.78, 5) is 10.9. The Hall–Kier alpha value is -1.81. The number of hydrogen-bond donors (Lipinski definition) is 2. The summed E-state index contributed by atoms with van der Waals surface area (Å²) in [5, 5.41) is 7.36. The normalized spacial score (nSPS) is 10.0. The number of amides is 1. The molecule has 0 unspecified atom stereocenters. The van der Waals surface area contributed by atoms with Gasteiger partial charge in [0.15, 0.2) is 0 Å². The second-order valence-corrected chi connectivity index (χ2v) is 4.21. The fourth-order valence-electron chi connectivity index (χ4n) is 1.36. The van der Waals surface area contributed by atoms with Gasteiger partial charge in [0.2, 0.25) is 5.91 Å². The van der Waals surface area contributed by atoms with E-state index in [1.165, 1.54) is 0 Å². The Bertz CT molecular complexity index is 462. The van der Waals surface area contributed by atoms with Crippen molar-refractivity contribution in [2.75, 3.05) is 5.32 Å². The van der Waals surface area contributed by atoms with E-state index in [0.717, 1.165) is 17.8 Å². The molecule has 0 aliphatic rings. The molecule has 0 spiro atoms. The van der Waals surface area contributed by atoms with Crippen molar-refractivity contribution in [3.8, 4) is 0 Å². The largest absolute Gasteiger partial charge is 0.380 e. The first-order valence-corrected chi connectivity index (χ1v) is 5.85. The number of nitrogens with one attached hydrogen (secondary N) is 1. The quantitative estimate of drug-likeness (QED) is 0.850. The van der Waals surface area contributed by atoms with E-state index < -0.39 is 5.91 Å². The number of hydrogen-bond acceptors (Lipinski definition) is 3. The SMILES string of the molecule is NC(=O)c1ccc(CNc2ccsc2)cc1. The van der Waals surface area contributed by atoms with Gasteiger partial charge >= 0.3 is 0 Å². The van der Waals surface area contributed by atoms with E-state index >= 15 is 0 Å². The molecule has 0 aliphatic carbocycles. The van der Waals surface area contributed by atoms with E-state index in [4.69, 9.17) is 5.73 Å². The Morgan fingerprint density at radius 2 is 2.00 bits per heavy atom. The lowest BCUT2D eigenvalue weighted by Crippen LogP contribution is -2.10. The molecule has 82 valence electrons. The lowest BCUT2D eigenvalue weighted by Gasteiger charge is -2.04. The maximum Gasteiger partial charge on any atom is 0.248 e. The molecule has 0 radical (unpaired) electrons. The maximum atomic E-state index is 10.9. The minimum absolute atomic E-state index is 0.391. The number of rotatable bonds is 4. The molecule has 0 aliphatic heterocycles. The molecule has 0 saturated heterocycles. The van der Waals surface area contributed by atoms with E-state index in [2.05, 4.69) is 10.7 Å². The zero-order chi connectivity index (χ0) is 11.4. The second-order valence-electron chi connectivity index (χ2n) is 3.43. The molecule has 3 N–H and O–H groups in total. The number of benzene rings is 1. The standard InChI is InChI=1S/C12H12N2OS/c13-12(15)10-3-1-9(2-4-10)7-14-11-5-6-16-8-11/h1-6,8,14H,7H2,(H2,13,15). The van der Waals surface area contributed by atoms with Gasteiger partial charge in [-0.05, 0) is 29.1 Å². The Balaban J connectivity index is 1.98. The van der Waals surface area contributed by atoms with E-state index in [1.54, 1.807) is 23.5 Å². The summed E-state index contributed by atoms with van der Waals surface area (Å²) in [7, 11) is 0. The third kappa shape index (κ3) is 2.61. The number of carbonyl (C=O) groups excluding carboxylic acids is 1. The fourth-order valence-corrected chi connectivity index (χ4v) is 1.97. The monoisotopic (exact) mass is 232 g/mol. The molecule has 0 fully saturated rings. The molecule has 2 rings (SSSR count). The van der Waals surface area contributed by atoms with Crippen LogP contribution in [0.5, 0.6) is 0 Å². The number of thiophene rings is 1. The summed E-state index contributed by atoms with van der Waals surface area (Å²) < 4.78 is 0. The zero-order valence-corrected chi connectivity index (χ0v) is 9.46. The predicted molar refractivity (Wildman–Crippen MR) is 66.6 cm³/mol. The third-order valence-electron chi connectivity index (χ3n) is 2.26. The van der Waals surface area contributed by atoms with Crippen LogP contribution in [0.3, 0.4) is 0 Å². The summed E-state index contributed by atoms with van der Waals surface area (Å²) in [6.45, 7) is 0.746. The van der Waals surface area contributed by atoms with Crippen molar-refractivity contribution in [1.82, 2.24) is 0 Å². The van der Waals surface area contributed by atoms with Crippen LogP contribution in [0.2, 0.25) is 0 Å². The van der Waals surface area contributed by atoms with Gasteiger partial charge in [-0.2, -0.15) is 11.3 Å². The van der Waals surface area contributed by atoms with Crippen LogP contribution in [0.25, 0.3) is 0 Å². The van der Waals surface area contributed by atoms with Crippen LogP contribution in [0.1, 0.15) is 15.9 Å². The average Bonchev–Trinajstić information content (AvgIpc) is 2.80. The van der Waals surface area contributed by atoms with Gasteiger partial charge < -0.3 is 11.1 Å². The summed E-state index contributed by atoms with van der Waals surface area (Å²) in [5.41, 5.74) is 7.94. The van der Waals surface area contributed by atoms with Crippen molar-refractivity contribution < 1.29 is 4.79 Å². The predicted octanol–water partition coefficient (Wildman–Crippen LogP) is 2.46. The van der Waals surface area contributed by atoms with E-state index in [9.17, 15) is 4.79 Å². The number of primary amides is 1. The van der Waals surface area contributed by atoms with Gasteiger partial charge in [0.05, 0.1) is 0 Å². The van der Waals surface area contributed by atoms with Gasteiger partial charge in [0.1, 0.15) is 0 Å². The van der Waals surface area contributed by atoms with Crippen molar-refractivity contribution >= 4 is 22.9 Å². The molecular formula is C12H12N2OS. The first kappa shape index (κ1) is 10.7. The zero-order valence-electron chi connectivity index (χ0n) is 8.64. The van der Waals surface area contributed by atoms with Gasteiger partial charge in [0.25, 0.3) is 0 Å². The molecule has 0 bridgehead atoms. The summed E-state index contributed by atoms with van der Waals surface area (Å²) in [6, 6.07) is 9.32. The maximum absolute atomic E-state index is 10.9.